The second-order valence-electron chi connectivity index (χ2n) is 3.08. The van der Waals surface area contributed by atoms with Crippen LogP contribution in [0.15, 0.2) is 43.1 Å². The molecule has 0 aliphatic heterocycles. The predicted octanol–water partition coefficient (Wildman–Crippen LogP) is 2.02. The third-order valence-electron chi connectivity index (χ3n) is 2.24. The van der Waals surface area contributed by atoms with Gasteiger partial charge in [0.1, 0.15) is 12.0 Å². The average Bonchev–Trinajstić information content (AvgIpc) is 2.62. The molecule has 3 heteroatoms. The molecule has 0 fully saturated rings. The second-order valence-corrected chi connectivity index (χ2v) is 3.08. The van der Waals surface area contributed by atoms with E-state index in [1.165, 1.54) is 6.08 Å². The van der Waals surface area contributed by atoms with E-state index in [0.717, 1.165) is 10.9 Å². The molecule has 2 aromatic rings. The Morgan fingerprint density at radius 1 is 1.36 bits per heavy atom. The van der Waals surface area contributed by atoms with E-state index in [9.17, 15) is 10.2 Å². The van der Waals surface area contributed by atoms with Gasteiger partial charge in [0.15, 0.2) is 0 Å². The minimum atomic E-state index is -0.755. The lowest BCUT2D eigenvalue weighted by molar-refractivity contribution is 0.160. The van der Waals surface area contributed by atoms with Crippen LogP contribution in [0.25, 0.3) is 10.9 Å². The quantitative estimate of drug-likeness (QED) is 0.710. The van der Waals surface area contributed by atoms with Crippen LogP contribution >= 0.6 is 0 Å². The molecule has 72 valence electrons. The lowest BCUT2D eigenvalue weighted by Crippen LogP contribution is -2.02. The highest BCUT2D eigenvalue weighted by molar-refractivity contribution is 5.86. The standard InChI is InChI=1S/C11H11NO2/c1-2-11(14)12-7-6-8-9(12)4-3-5-10(8)13/h2-7,11,13-14H,1H2. The first-order valence-electron chi connectivity index (χ1n) is 4.33. The van der Waals surface area contributed by atoms with Crippen LogP contribution in [0.5, 0.6) is 5.75 Å². The summed E-state index contributed by atoms with van der Waals surface area (Å²) in [6.07, 6.45) is 2.40. The number of fused-ring (bicyclic) bond motifs is 1. The van der Waals surface area contributed by atoms with E-state index in [2.05, 4.69) is 6.58 Å². The van der Waals surface area contributed by atoms with E-state index in [0.29, 0.717) is 0 Å². The summed E-state index contributed by atoms with van der Waals surface area (Å²) in [4.78, 5) is 0. The first kappa shape index (κ1) is 8.84. The van der Waals surface area contributed by atoms with E-state index in [-0.39, 0.29) is 5.75 Å². The van der Waals surface area contributed by atoms with Crippen molar-refractivity contribution in [3.63, 3.8) is 0 Å². The van der Waals surface area contributed by atoms with Crippen molar-refractivity contribution < 1.29 is 10.2 Å². The third-order valence-corrected chi connectivity index (χ3v) is 2.24. The van der Waals surface area contributed by atoms with Crippen LogP contribution in [-0.4, -0.2) is 14.8 Å². The lowest BCUT2D eigenvalue weighted by Gasteiger charge is -2.08. The van der Waals surface area contributed by atoms with E-state index in [1.807, 2.05) is 6.07 Å². The van der Waals surface area contributed by atoms with E-state index < -0.39 is 6.23 Å². The Bertz CT molecular complexity index is 473. The molecular formula is C11H11NO2. The molecule has 0 bridgehead atoms. The summed E-state index contributed by atoms with van der Waals surface area (Å²) in [5.74, 6) is 0.220. The molecule has 0 amide bonds. The predicted molar refractivity (Wildman–Crippen MR) is 55.1 cm³/mol. The molecule has 1 aromatic carbocycles. The van der Waals surface area contributed by atoms with Crippen molar-refractivity contribution in [2.45, 2.75) is 6.23 Å². The van der Waals surface area contributed by atoms with Gasteiger partial charge in [-0.1, -0.05) is 12.6 Å². The van der Waals surface area contributed by atoms with Crippen molar-refractivity contribution in [1.29, 1.82) is 0 Å². The number of aliphatic hydroxyl groups excluding tert-OH is 1. The number of aromatic hydroxyl groups is 1. The maximum absolute atomic E-state index is 9.57. The van der Waals surface area contributed by atoms with Crippen LogP contribution in [0.2, 0.25) is 0 Å². The van der Waals surface area contributed by atoms with Crippen molar-refractivity contribution in [3.05, 3.63) is 43.1 Å². The molecule has 1 unspecified atom stereocenters. The molecule has 3 nitrogen and oxygen atoms in total. The number of hydrogen-bond donors (Lipinski definition) is 2. The van der Waals surface area contributed by atoms with Crippen LogP contribution in [0, 0.1) is 0 Å². The van der Waals surface area contributed by atoms with Crippen LogP contribution in [0.1, 0.15) is 6.23 Å². The van der Waals surface area contributed by atoms with E-state index >= 15 is 0 Å². The first-order chi connectivity index (χ1) is 6.74. The summed E-state index contributed by atoms with van der Waals surface area (Å²) in [6, 6.07) is 6.95. The number of hydrogen-bond acceptors (Lipinski definition) is 2. The SMILES string of the molecule is C=CC(O)n1ccc2c(O)cccc21. The Labute approximate surface area is 81.5 Å². The molecular weight excluding hydrogens is 178 g/mol. The zero-order valence-electron chi connectivity index (χ0n) is 7.59. The number of rotatable bonds is 2. The van der Waals surface area contributed by atoms with Gasteiger partial charge in [-0.3, -0.25) is 0 Å². The van der Waals surface area contributed by atoms with Crippen molar-refractivity contribution in [1.82, 2.24) is 4.57 Å². The smallest absolute Gasteiger partial charge is 0.149 e. The molecule has 2 N–H and O–H groups in total. The zero-order chi connectivity index (χ0) is 10.1. The summed E-state index contributed by atoms with van der Waals surface area (Å²) in [5.41, 5.74) is 0.789. The number of nitrogens with zero attached hydrogens (tertiary/aromatic N) is 1. The van der Waals surface area contributed by atoms with Gasteiger partial charge in [0, 0.05) is 11.6 Å². The monoisotopic (exact) mass is 189 g/mol. The number of aromatic nitrogens is 1. The minimum Gasteiger partial charge on any atom is -0.507 e. The fourth-order valence-corrected chi connectivity index (χ4v) is 1.52. The van der Waals surface area contributed by atoms with E-state index in [1.54, 1.807) is 29.0 Å². The highest BCUT2D eigenvalue weighted by Gasteiger charge is 2.07. The Hall–Kier alpha value is -1.74. The summed E-state index contributed by atoms with van der Waals surface area (Å²) >= 11 is 0. The number of benzene rings is 1. The minimum absolute atomic E-state index is 0.220. The Balaban J connectivity index is 2.69. The van der Waals surface area contributed by atoms with Gasteiger partial charge in [-0.15, -0.1) is 0 Å². The lowest BCUT2D eigenvalue weighted by atomic mass is 10.2. The molecule has 0 saturated carbocycles. The molecule has 14 heavy (non-hydrogen) atoms. The van der Waals surface area contributed by atoms with Crippen LogP contribution in [0.3, 0.4) is 0 Å². The van der Waals surface area contributed by atoms with Gasteiger partial charge < -0.3 is 14.8 Å². The van der Waals surface area contributed by atoms with Crippen LogP contribution in [0.4, 0.5) is 0 Å². The highest BCUT2D eigenvalue weighted by atomic mass is 16.3. The maximum atomic E-state index is 9.57. The maximum Gasteiger partial charge on any atom is 0.149 e. The van der Waals surface area contributed by atoms with E-state index in [4.69, 9.17) is 0 Å². The topological polar surface area (TPSA) is 45.4 Å². The van der Waals surface area contributed by atoms with Gasteiger partial charge in [-0.05, 0) is 24.3 Å². The van der Waals surface area contributed by atoms with Gasteiger partial charge in [0.2, 0.25) is 0 Å². The molecule has 2 rings (SSSR count). The van der Waals surface area contributed by atoms with Crippen LogP contribution < -0.4 is 0 Å². The normalized spacial score (nSPS) is 12.9. The Morgan fingerprint density at radius 2 is 2.14 bits per heavy atom. The summed E-state index contributed by atoms with van der Waals surface area (Å²) in [6.45, 7) is 3.51. The van der Waals surface area contributed by atoms with Crippen molar-refractivity contribution in [2.24, 2.45) is 0 Å². The largest absolute Gasteiger partial charge is 0.507 e. The molecule has 1 aromatic heterocycles. The molecule has 0 spiro atoms. The van der Waals surface area contributed by atoms with Crippen LogP contribution in [-0.2, 0) is 0 Å². The second kappa shape index (κ2) is 3.20. The number of aliphatic hydroxyl groups is 1. The van der Waals surface area contributed by atoms with Gasteiger partial charge in [0.25, 0.3) is 0 Å². The number of phenolic OH excluding ortho intramolecular Hbond substituents is 1. The Kier molecular flexibility index (Phi) is 2.02. The highest BCUT2D eigenvalue weighted by Crippen LogP contribution is 2.26. The van der Waals surface area contributed by atoms with Gasteiger partial charge in [-0.25, -0.2) is 0 Å². The van der Waals surface area contributed by atoms with Crippen molar-refractivity contribution in [2.75, 3.05) is 0 Å². The van der Waals surface area contributed by atoms with Crippen molar-refractivity contribution >= 4 is 10.9 Å². The third kappa shape index (κ3) is 1.18. The molecule has 1 heterocycles. The molecule has 0 aliphatic rings. The summed E-state index contributed by atoms with van der Waals surface area (Å²) in [5, 5.41) is 19.8. The molecule has 0 radical (unpaired) electrons. The molecule has 0 aliphatic carbocycles. The van der Waals surface area contributed by atoms with Gasteiger partial charge in [0.05, 0.1) is 5.52 Å². The Morgan fingerprint density at radius 3 is 2.86 bits per heavy atom. The first-order valence-corrected chi connectivity index (χ1v) is 4.33. The zero-order valence-corrected chi connectivity index (χ0v) is 7.59. The number of phenols is 1. The molecule has 1 atom stereocenters. The fourth-order valence-electron chi connectivity index (χ4n) is 1.52. The summed E-state index contributed by atoms with van der Waals surface area (Å²) < 4.78 is 1.64. The average molecular weight is 189 g/mol. The van der Waals surface area contributed by atoms with Crippen molar-refractivity contribution in [3.8, 4) is 5.75 Å². The van der Waals surface area contributed by atoms with Gasteiger partial charge >= 0.3 is 0 Å². The van der Waals surface area contributed by atoms with Gasteiger partial charge in [-0.2, -0.15) is 0 Å². The summed E-state index contributed by atoms with van der Waals surface area (Å²) in [7, 11) is 0. The fraction of sp³-hybridized carbons (Fsp3) is 0.0909. The molecule has 0 saturated heterocycles.